The van der Waals surface area contributed by atoms with E-state index < -0.39 is 10.0 Å². The Morgan fingerprint density at radius 2 is 2.05 bits per heavy atom. The summed E-state index contributed by atoms with van der Waals surface area (Å²) in [5, 5.41) is 7.10. The van der Waals surface area contributed by atoms with Gasteiger partial charge in [-0.1, -0.05) is 13.8 Å². The van der Waals surface area contributed by atoms with E-state index in [4.69, 9.17) is 0 Å². The molecule has 1 heterocycles. The summed E-state index contributed by atoms with van der Waals surface area (Å²) in [7, 11) is 0.0235. The van der Waals surface area contributed by atoms with Gasteiger partial charge in [-0.3, -0.25) is 4.68 Å². The number of aromatic nitrogens is 2. The lowest BCUT2D eigenvalue weighted by atomic mass is 10.1. The minimum Gasteiger partial charge on any atom is -0.318 e. The van der Waals surface area contributed by atoms with Crippen molar-refractivity contribution in [2.45, 2.75) is 44.7 Å². The number of nitrogens with one attached hydrogen (secondary N) is 1. The summed E-state index contributed by atoms with van der Waals surface area (Å²) in [5.41, 5.74) is 0. The highest BCUT2D eigenvalue weighted by Crippen LogP contribution is 2.19. The maximum Gasteiger partial charge on any atom is 0.246 e. The van der Waals surface area contributed by atoms with E-state index in [0.29, 0.717) is 12.5 Å². The first kappa shape index (κ1) is 17.1. The van der Waals surface area contributed by atoms with Crippen LogP contribution >= 0.6 is 0 Å². The third-order valence-corrected chi connectivity index (χ3v) is 5.24. The van der Waals surface area contributed by atoms with Crippen molar-refractivity contribution >= 4 is 10.0 Å². The Hall–Kier alpha value is -0.920. The largest absolute Gasteiger partial charge is 0.318 e. The number of sulfonamides is 1. The van der Waals surface area contributed by atoms with Gasteiger partial charge < -0.3 is 5.32 Å². The van der Waals surface area contributed by atoms with Crippen LogP contribution in [0.25, 0.3) is 0 Å². The average Bonchev–Trinajstić information content (AvgIpc) is 2.83. The molecular weight excluding hydrogens is 276 g/mol. The predicted octanol–water partition coefficient (Wildman–Crippen LogP) is 1.16. The van der Waals surface area contributed by atoms with Crippen molar-refractivity contribution in [2.24, 2.45) is 5.92 Å². The molecule has 1 aromatic heterocycles. The van der Waals surface area contributed by atoms with Crippen LogP contribution in [0.5, 0.6) is 0 Å². The zero-order chi connectivity index (χ0) is 15.3. The Balaban J connectivity index is 2.84. The van der Waals surface area contributed by atoms with Crippen LogP contribution in [0.15, 0.2) is 17.3 Å². The Labute approximate surface area is 122 Å². The molecule has 116 valence electrons. The van der Waals surface area contributed by atoms with Gasteiger partial charge in [-0.15, -0.1) is 0 Å². The number of hydrogen-bond acceptors (Lipinski definition) is 4. The molecule has 1 aromatic rings. The molecule has 0 aliphatic heterocycles. The predicted molar refractivity (Wildman–Crippen MR) is 80.0 cm³/mol. The van der Waals surface area contributed by atoms with E-state index in [1.807, 2.05) is 14.0 Å². The van der Waals surface area contributed by atoms with Crippen molar-refractivity contribution in [3.63, 3.8) is 0 Å². The molecule has 0 aliphatic carbocycles. The summed E-state index contributed by atoms with van der Waals surface area (Å²) in [4.78, 5) is 0.256. The fourth-order valence-corrected chi connectivity index (χ4v) is 3.39. The maximum atomic E-state index is 12.5. The van der Waals surface area contributed by atoms with Gasteiger partial charge in [-0.25, -0.2) is 8.42 Å². The van der Waals surface area contributed by atoms with Crippen LogP contribution in [0.2, 0.25) is 0 Å². The fraction of sp³-hybridized carbons (Fsp3) is 0.769. The molecule has 0 aliphatic rings. The highest BCUT2D eigenvalue weighted by molar-refractivity contribution is 7.89. The van der Waals surface area contributed by atoms with Gasteiger partial charge >= 0.3 is 0 Å². The topological polar surface area (TPSA) is 67.2 Å². The molecule has 1 N–H and O–H groups in total. The molecule has 0 spiro atoms. The van der Waals surface area contributed by atoms with E-state index in [2.05, 4.69) is 24.3 Å². The van der Waals surface area contributed by atoms with Gasteiger partial charge in [0.15, 0.2) is 0 Å². The van der Waals surface area contributed by atoms with E-state index in [9.17, 15) is 8.42 Å². The molecule has 0 radical (unpaired) electrons. The number of nitrogens with zero attached hydrogens (tertiary/aromatic N) is 3. The molecular formula is C13H26N4O2S. The quantitative estimate of drug-likeness (QED) is 0.782. The Bertz CT molecular complexity index is 510. The van der Waals surface area contributed by atoms with Crippen molar-refractivity contribution in [3.8, 4) is 0 Å². The van der Waals surface area contributed by atoms with Crippen LogP contribution in [0.4, 0.5) is 0 Å². The van der Waals surface area contributed by atoms with Gasteiger partial charge in [0.05, 0.1) is 12.7 Å². The van der Waals surface area contributed by atoms with Gasteiger partial charge in [0, 0.05) is 25.8 Å². The van der Waals surface area contributed by atoms with Crippen molar-refractivity contribution in [1.29, 1.82) is 0 Å². The summed E-state index contributed by atoms with van der Waals surface area (Å²) in [6.45, 7) is 7.51. The highest BCUT2D eigenvalue weighted by Gasteiger charge is 2.27. The number of rotatable bonds is 8. The van der Waals surface area contributed by atoms with Crippen LogP contribution < -0.4 is 5.32 Å². The summed E-state index contributed by atoms with van der Waals surface area (Å²) < 4.78 is 28.1. The van der Waals surface area contributed by atoms with Crippen LogP contribution in [-0.4, -0.2) is 49.2 Å². The molecule has 0 saturated carbocycles. The molecule has 1 atom stereocenters. The van der Waals surface area contributed by atoms with E-state index in [0.717, 1.165) is 13.0 Å². The summed E-state index contributed by atoms with van der Waals surface area (Å²) in [5.74, 6) is 0.459. The van der Waals surface area contributed by atoms with E-state index in [1.165, 1.54) is 10.5 Å². The van der Waals surface area contributed by atoms with Crippen LogP contribution in [0.1, 0.15) is 27.2 Å². The van der Waals surface area contributed by atoms with Crippen molar-refractivity contribution < 1.29 is 8.42 Å². The molecule has 1 rings (SSSR count). The molecule has 0 amide bonds. The molecule has 0 aromatic carbocycles. The van der Waals surface area contributed by atoms with Gasteiger partial charge in [0.2, 0.25) is 10.0 Å². The molecule has 7 heteroatoms. The lowest BCUT2D eigenvalue weighted by molar-refractivity contribution is 0.338. The van der Waals surface area contributed by atoms with Crippen molar-refractivity contribution in [2.75, 3.05) is 20.6 Å². The second-order valence-corrected chi connectivity index (χ2v) is 7.54. The molecule has 0 bridgehead atoms. The van der Waals surface area contributed by atoms with Gasteiger partial charge in [-0.05, 0) is 26.3 Å². The first-order chi connectivity index (χ1) is 9.28. The smallest absolute Gasteiger partial charge is 0.246 e. The van der Waals surface area contributed by atoms with Crippen LogP contribution in [0.3, 0.4) is 0 Å². The second kappa shape index (κ2) is 7.19. The van der Waals surface area contributed by atoms with E-state index in [1.54, 1.807) is 17.9 Å². The fourth-order valence-electron chi connectivity index (χ4n) is 2.06. The zero-order valence-corrected chi connectivity index (χ0v) is 13.8. The monoisotopic (exact) mass is 302 g/mol. The van der Waals surface area contributed by atoms with E-state index in [-0.39, 0.29) is 10.9 Å². The van der Waals surface area contributed by atoms with Gasteiger partial charge in [0.1, 0.15) is 4.90 Å². The third kappa shape index (κ3) is 4.29. The summed E-state index contributed by atoms with van der Waals surface area (Å²) in [6.07, 6.45) is 3.85. The molecule has 20 heavy (non-hydrogen) atoms. The maximum absolute atomic E-state index is 12.5. The molecule has 6 nitrogen and oxygen atoms in total. The molecule has 0 fully saturated rings. The van der Waals surface area contributed by atoms with Crippen LogP contribution in [0, 0.1) is 5.92 Å². The molecule has 1 unspecified atom stereocenters. The summed E-state index contributed by atoms with van der Waals surface area (Å²) in [6, 6.07) is -0.0272. The van der Waals surface area contributed by atoms with Gasteiger partial charge in [0.25, 0.3) is 0 Å². The average molecular weight is 302 g/mol. The SMILES string of the molecule is CNCCn1cc(S(=O)(=O)N(C)C(C)CC(C)C)cn1. The zero-order valence-electron chi connectivity index (χ0n) is 13.0. The normalized spacial score (nSPS) is 14.2. The van der Waals surface area contributed by atoms with Gasteiger partial charge in [-0.2, -0.15) is 9.40 Å². The minimum absolute atomic E-state index is 0.0272. The Morgan fingerprint density at radius 3 is 2.60 bits per heavy atom. The van der Waals surface area contributed by atoms with Crippen LogP contribution in [-0.2, 0) is 16.6 Å². The first-order valence-corrected chi connectivity index (χ1v) is 8.38. The minimum atomic E-state index is -3.46. The molecule has 0 saturated heterocycles. The van der Waals surface area contributed by atoms with Crippen molar-refractivity contribution in [1.82, 2.24) is 19.4 Å². The Morgan fingerprint density at radius 1 is 1.40 bits per heavy atom. The Kier molecular flexibility index (Phi) is 6.16. The summed E-state index contributed by atoms with van der Waals surface area (Å²) >= 11 is 0. The van der Waals surface area contributed by atoms with E-state index >= 15 is 0 Å². The van der Waals surface area contributed by atoms with Crippen molar-refractivity contribution in [3.05, 3.63) is 12.4 Å². The second-order valence-electron chi connectivity index (χ2n) is 5.54. The number of likely N-dealkylation sites (N-methyl/N-ethyl adjacent to an activating group) is 1. The third-order valence-electron chi connectivity index (χ3n) is 3.31. The first-order valence-electron chi connectivity index (χ1n) is 6.94. The lowest BCUT2D eigenvalue weighted by Gasteiger charge is -2.24. The lowest BCUT2D eigenvalue weighted by Crippen LogP contribution is -2.35. The highest BCUT2D eigenvalue weighted by atomic mass is 32.2. The number of hydrogen-bond donors (Lipinski definition) is 1. The standard InChI is InChI=1S/C13H26N4O2S/c1-11(2)8-12(3)16(5)20(18,19)13-9-15-17(10-13)7-6-14-4/h9-12,14H,6-8H2,1-5H3.